The normalized spacial score (nSPS) is 9.67. The summed E-state index contributed by atoms with van der Waals surface area (Å²) in [7, 11) is 2.65. The second kappa shape index (κ2) is 4.90. The third kappa shape index (κ3) is 2.16. The lowest BCUT2D eigenvalue weighted by molar-refractivity contribution is 0.348. The van der Waals surface area contributed by atoms with E-state index >= 15 is 0 Å². The monoisotopic (exact) mass is 212 g/mol. The van der Waals surface area contributed by atoms with Crippen molar-refractivity contribution >= 4 is 12.6 Å². The lowest BCUT2D eigenvalue weighted by Gasteiger charge is -2.15. The highest BCUT2D eigenvalue weighted by Gasteiger charge is 2.25. The van der Waals surface area contributed by atoms with Gasteiger partial charge in [0.1, 0.15) is 5.75 Å². The fourth-order valence-electron chi connectivity index (χ4n) is 1.36. The van der Waals surface area contributed by atoms with Crippen LogP contribution < -0.4 is 19.7 Å². The summed E-state index contributed by atoms with van der Waals surface area (Å²) in [5.74, 6) is 1.01. The molecule has 0 aromatic heterocycles. The van der Waals surface area contributed by atoms with Crippen molar-refractivity contribution in [2.24, 2.45) is 0 Å². The zero-order valence-corrected chi connectivity index (χ0v) is 8.85. The molecule has 1 aromatic carbocycles. The van der Waals surface area contributed by atoms with E-state index in [9.17, 15) is 10.0 Å². The number of hydrogen-bond acceptors (Lipinski definition) is 5. The second-order valence-corrected chi connectivity index (χ2v) is 2.79. The van der Waals surface area contributed by atoms with Gasteiger partial charge in [0.15, 0.2) is 11.5 Å². The van der Waals surface area contributed by atoms with Gasteiger partial charge in [-0.05, 0) is 12.1 Å². The van der Waals surface area contributed by atoms with Crippen molar-refractivity contribution in [1.29, 1.82) is 0 Å². The zero-order chi connectivity index (χ0) is 11.4. The third-order valence-electron chi connectivity index (χ3n) is 2.02. The summed E-state index contributed by atoms with van der Waals surface area (Å²) in [5.41, 5.74) is 0.152. The second-order valence-electron chi connectivity index (χ2n) is 2.79. The molecule has 0 amide bonds. The van der Waals surface area contributed by atoms with E-state index in [-0.39, 0.29) is 11.2 Å². The molecule has 0 aliphatic heterocycles. The molecule has 2 N–H and O–H groups in total. The van der Waals surface area contributed by atoms with E-state index in [1.165, 1.54) is 21.3 Å². The van der Waals surface area contributed by atoms with Crippen LogP contribution in [-0.2, 0) is 0 Å². The highest BCUT2D eigenvalue weighted by molar-refractivity contribution is 6.61. The van der Waals surface area contributed by atoms with Gasteiger partial charge in [0.25, 0.3) is 0 Å². The van der Waals surface area contributed by atoms with Crippen LogP contribution in [0.4, 0.5) is 0 Å². The van der Waals surface area contributed by atoms with Gasteiger partial charge in [-0.15, -0.1) is 0 Å². The molecule has 0 unspecified atom stereocenters. The minimum absolute atomic E-state index is 0.152. The van der Waals surface area contributed by atoms with E-state index in [0.717, 1.165) is 0 Å². The molecule has 0 heterocycles. The summed E-state index contributed by atoms with van der Waals surface area (Å²) in [4.78, 5) is 0. The van der Waals surface area contributed by atoms with Crippen LogP contribution in [0.5, 0.6) is 17.2 Å². The van der Waals surface area contributed by atoms with Crippen molar-refractivity contribution in [3.63, 3.8) is 0 Å². The molecule has 1 aromatic rings. The summed E-state index contributed by atoms with van der Waals surface area (Å²) in [6.45, 7) is 0. The lowest BCUT2D eigenvalue weighted by Crippen LogP contribution is -2.32. The standard InChI is InChI=1S/C9H13BO5/c1-13-6-4-5-7(14-2)9(15-3)8(6)10(11)12/h4-5,11-12H,1-3H3. The maximum absolute atomic E-state index is 9.21. The number of hydrogen-bond donors (Lipinski definition) is 2. The van der Waals surface area contributed by atoms with Crippen molar-refractivity contribution in [2.45, 2.75) is 0 Å². The average molecular weight is 212 g/mol. The van der Waals surface area contributed by atoms with E-state index in [2.05, 4.69) is 0 Å². The van der Waals surface area contributed by atoms with Crippen molar-refractivity contribution < 1.29 is 24.3 Å². The molecule has 15 heavy (non-hydrogen) atoms. The minimum Gasteiger partial charge on any atom is -0.497 e. The number of rotatable bonds is 4. The van der Waals surface area contributed by atoms with Gasteiger partial charge in [0, 0.05) is 0 Å². The number of methoxy groups -OCH3 is 3. The van der Waals surface area contributed by atoms with Crippen molar-refractivity contribution in [1.82, 2.24) is 0 Å². The van der Waals surface area contributed by atoms with Crippen LogP contribution in [0.2, 0.25) is 0 Å². The Morgan fingerprint density at radius 3 is 1.87 bits per heavy atom. The molecule has 0 radical (unpaired) electrons. The van der Waals surface area contributed by atoms with Crippen molar-refractivity contribution in [3.05, 3.63) is 12.1 Å². The molecule has 0 atom stereocenters. The summed E-state index contributed by atoms with van der Waals surface area (Å²) >= 11 is 0. The minimum atomic E-state index is -1.68. The highest BCUT2D eigenvalue weighted by Crippen LogP contribution is 2.28. The van der Waals surface area contributed by atoms with Crippen LogP contribution in [0.3, 0.4) is 0 Å². The molecular formula is C9H13BO5. The van der Waals surface area contributed by atoms with E-state index in [1.807, 2.05) is 0 Å². The summed E-state index contributed by atoms with van der Waals surface area (Å²) in [6.07, 6.45) is 0. The quantitative estimate of drug-likeness (QED) is 0.651. The molecule has 5 nitrogen and oxygen atoms in total. The molecule has 0 aliphatic rings. The molecule has 0 spiro atoms. The van der Waals surface area contributed by atoms with Crippen LogP contribution >= 0.6 is 0 Å². The van der Waals surface area contributed by atoms with Crippen LogP contribution in [0.15, 0.2) is 12.1 Å². The number of ether oxygens (including phenoxy) is 3. The largest absolute Gasteiger partial charge is 0.497 e. The fourth-order valence-corrected chi connectivity index (χ4v) is 1.36. The zero-order valence-electron chi connectivity index (χ0n) is 8.85. The van der Waals surface area contributed by atoms with Crippen molar-refractivity contribution in [2.75, 3.05) is 21.3 Å². The molecule has 0 fully saturated rings. The Kier molecular flexibility index (Phi) is 3.82. The van der Waals surface area contributed by atoms with Gasteiger partial charge in [0.05, 0.1) is 26.8 Å². The smallest absolute Gasteiger partial charge is 0.496 e. The average Bonchev–Trinajstić information content (AvgIpc) is 2.26. The molecule has 82 valence electrons. The van der Waals surface area contributed by atoms with Gasteiger partial charge in [-0.25, -0.2) is 0 Å². The lowest BCUT2D eigenvalue weighted by atomic mass is 9.78. The first-order valence-corrected chi connectivity index (χ1v) is 4.30. The molecule has 0 saturated carbocycles. The topological polar surface area (TPSA) is 68.2 Å². The maximum atomic E-state index is 9.21. The van der Waals surface area contributed by atoms with Gasteiger partial charge in [0.2, 0.25) is 0 Å². The molecule has 6 heteroatoms. The Bertz CT molecular complexity index is 340. The Hall–Kier alpha value is -1.40. The summed E-state index contributed by atoms with van der Waals surface area (Å²) in [5, 5.41) is 18.4. The molecule has 0 bridgehead atoms. The first-order valence-electron chi connectivity index (χ1n) is 4.30. The summed E-state index contributed by atoms with van der Waals surface area (Å²) < 4.78 is 15.1. The maximum Gasteiger partial charge on any atom is 0.496 e. The van der Waals surface area contributed by atoms with Crippen molar-refractivity contribution in [3.8, 4) is 17.2 Å². The van der Waals surface area contributed by atoms with Crippen LogP contribution in [-0.4, -0.2) is 38.5 Å². The highest BCUT2D eigenvalue weighted by atomic mass is 16.5. The Morgan fingerprint density at radius 2 is 1.47 bits per heavy atom. The summed E-state index contributed by atoms with van der Waals surface area (Å²) in [6, 6.07) is 3.21. The predicted molar refractivity (Wildman–Crippen MR) is 55.9 cm³/mol. The van der Waals surface area contributed by atoms with Gasteiger partial charge < -0.3 is 24.3 Å². The van der Waals surface area contributed by atoms with E-state index in [4.69, 9.17) is 14.2 Å². The first kappa shape index (κ1) is 11.7. The van der Waals surface area contributed by atoms with Gasteiger partial charge in [-0.1, -0.05) is 0 Å². The Labute approximate surface area is 88.3 Å². The predicted octanol–water partition coefficient (Wildman–Crippen LogP) is -0.608. The Balaban J connectivity index is 3.37. The number of benzene rings is 1. The molecule has 0 aliphatic carbocycles. The van der Waals surface area contributed by atoms with Crippen LogP contribution in [0.25, 0.3) is 0 Å². The van der Waals surface area contributed by atoms with Crippen LogP contribution in [0, 0.1) is 0 Å². The van der Waals surface area contributed by atoms with E-state index in [0.29, 0.717) is 11.5 Å². The molecule has 1 rings (SSSR count). The first-order chi connectivity index (χ1) is 7.15. The van der Waals surface area contributed by atoms with Gasteiger partial charge >= 0.3 is 7.12 Å². The molecular weight excluding hydrogens is 199 g/mol. The molecule has 0 saturated heterocycles. The third-order valence-corrected chi connectivity index (χ3v) is 2.02. The Morgan fingerprint density at radius 1 is 0.933 bits per heavy atom. The fraction of sp³-hybridized carbons (Fsp3) is 0.333. The van der Waals surface area contributed by atoms with Gasteiger partial charge in [-0.2, -0.15) is 0 Å². The van der Waals surface area contributed by atoms with Gasteiger partial charge in [-0.3, -0.25) is 0 Å². The van der Waals surface area contributed by atoms with Crippen LogP contribution in [0.1, 0.15) is 0 Å². The van der Waals surface area contributed by atoms with E-state index < -0.39 is 7.12 Å². The van der Waals surface area contributed by atoms with E-state index in [1.54, 1.807) is 12.1 Å². The SMILES string of the molecule is COc1ccc(OC)c(B(O)O)c1OC.